The number of carbonyl (C=O) groups is 1. The van der Waals surface area contributed by atoms with E-state index >= 15 is 0 Å². The minimum absolute atomic E-state index is 0.173. The summed E-state index contributed by atoms with van der Waals surface area (Å²) in [6.07, 6.45) is 0. The van der Waals surface area contributed by atoms with E-state index in [1.807, 2.05) is 45.0 Å². The van der Waals surface area contributed by atoms with Gasteiger partial charge < -0.3 is 10.2 Å². The van der Waals surface area contributed by atoms with Crippen LogP contribution in [0.15, 0.2) is 23.7 Å². The van der Waals surface area contributed by atoms with Gasteiger partial charge in [0.05, 0.1) is 32.8 Å². The van der Waals surface area contributed by atoms with Gasteiger partial charge in [0.2, 0.25) is 5.95 Å². The summed E-state index contributed by atoms with van der Waals surface area (Å²) in [5.41, 5.74) is 5.41. The molecule has 0 aliphatic heterocycles. The molecule has 0 saturated heterocycles. The Labute approximate surface area is 138 Å². The second-order valence-corrected chi connectivity index (χ2v) is 6.34. The van der Waals surface area contributed by atoms with Crippen LogP contribution in [0, 0.1) is 13.8 Å². The van der Waals surface area contributed by atoms with Gasteiger partial charge in [0.15, 0.2) is 0 Å². The zero-order valence-electron chi connectivity index (χ0n) is 13.4. The third-order valence-electron chi connectivity index (χ3n) is 3.49. The van der Waals surface area contributed by atoms with E-state index in [9.17, 15) is 4.79 Å². The van der Waals surface area contributed by atoms with E-state index in [4.69, 9.17) is 0 Å². The van der Waals surface area contributed by atoms with E-state index in [1.165, 1.54) is 11.3 Å². The Bertz CT molecular complexity index is 864. The SMILES string of the molecule is Cc1nc(N(C)C)nc(C)c1NC(=O)c1ccc2ncsc2c1. The van der Waals surface area contributed by atoms with E-state index < -0.39 is 0 Å². The second-order valence-electron chi connectivity index (χ2n) is 5.45. The van der Waals surface area contributed by atoms with Gasteiger partial charge in [-0.3, -0.25) is 4.79 Å². The minimum atomic E-state index is -0.173. The lowest BCUT2D eigenvalue weighted by Crippen LogP contribution is -2.18. The number of hydrogen-bond acceptors (Lipinski definition) is 6. The molecule has 0 spiro atoms. The van der Waals surface area contributed by atoms with Crippen molar-refractivity contribution in [1.29, 1.82) is 0 Å². The van der Waals surface area contributed by atoms with Crippen molar-refractivity contribution in [3.05, 3.63) is 40.7 Å². The van der Waals surface area contributed by atoms with Gasteiger partial charge in [0, 0.05) is 19.7 Å². The van der Waals surface area contributed by atoms with Crippen LogP contribution in [0.4, 0.5) is 11.6 Å². The van der Waals surface area contributed by atoms with Crippen LogP contribution >= 0.6 is 11.3 Å². The van der Waals surface area contributed by atoms with Crippen molar-refractivity contribution < 1.29 is 4.79 Å². The maximum atomic E-state index is 12.5. The van der Waals surface area contributed by atoms with E-state index in [-0.39, 0.29) is 5.91 Å². The van der Waals surface area contributed by atoms with Crippen molar-refractivity contribution in [2.45, 2.75) is 13.8 Å². The molecule has 0 aliphatic rings. The zero-order chi connectivity index (χ0) is 16.6. The second kappa shape index (κ2) is 5.92. The standard InChI is InChI=1S/C16H17N5OS/c1-9-14(10(2)19-16(18-9)21(3)4)20-15(22)11-5-6-12-13(7-11)23-8-17-12/h5-8H,1-4H3,(H,20,22). The molecule has 0 aliphatic carbocycles. The van der Waals surface area contributed by atoms with Crippen LogP contribution in [0.5, 0.6) is 0 Å². The third kappa shape index (κ3) is 3.00. The molecule has 0 fully saturated rings. The number of amides is 1. The normalized spacial score (nSPS) is 10.8. The topological polar surface area (TPSA) is 71.0 Å². The van der Waals surface area contributed by atoms with Crippen molar-refractivity contribution in [2.75, 3.05) is 24.3 Å². The summed E-state index contributed by atoms with van der Waals surface area (Å²) in [4.78, 5) is 27.4. The smallest absolute Gasteiger partial charge is 0.255 e. The summed E-state index contributed by atoms with van der Waals surface area (Å²) in [5, 5.41) is 2.92. The van der Waals surface area contributed by atoms with Gasteiger partial charge in [-0.1, -0.05) is 0 Å². The van der Waals surface area contributed by atoms with Gasteiger partial charge in [-0.15, -0.1) is 11.3 Å². The summed E-state index contributed by atoms with van der Waals surface area (Å²) < 4.78 is 0.991. The molecule has 118 valence electrons. The molecule has 6 nitrogen and oxygen atoms in total. The number of anilines is 2. The summed E-state index contributed by atoms with van der Waals surface area (Å²) in [6.45, 7) is 3.73. The molecule has 2 heterocycles. The molecule has 1 N–H and O–H groups in total. The lowest BCUT2D eigenvalue weighted by atomic mass is 10.2. The number of thiazole rings is 1. The van der Waals surface area contributed by atoms with E-state index in [0.717, 1.165) is 21.6 Å². The van der Waals surface area contributed by atoms with Gasteiger partial charge in [0.1, 0.15) is 0 Å². The maximum absolute atomic E-state index is 12.5. The third-order valence-corrected chi connectivity index (χ3v) is 4.28. The highest BCUT2D eigenvalue weighted by Crippen LogP contribution is 2.22. The maximum Gasteiger partial charge on any atom is 0.255 e. The average Bonchev–Trinajstić information content (AvgIpc) is 2.97. The molecular formula is C16H17N5OS. The first-order valence-electron chi connectivity index (χ1n) is 7.13. The van der Waals surface area contributed by atoms with E-state index in [2.05, 4.69) is 20.3 Å². The number of rotatable bonds is 3. The Morgan fingerprint density at radius 2 is 1.87 bits per heavy atom. The van der Waals surface area contributed by atoms with Crippen LogP contribution in [-0.4, -0.2) is 35.0 Å². The minimum Gasteiger partial charge on any atom is -0.347 e. The number of aromatic nitrogens is 3. The number of fused-ring (bicyclic) bond motifs is 1. The van der Waals surface area contributed by atoms with Crippen molar-refractivity contribution in [3.8, 4) is 0 Å². The summed E-state index contributed by atoms with van der Waals surface area (Å²) in [6, 6.07) is 5.48. The lowest BCUT2D eigenvalue weighted by Gasteiger charge is -2.15. The number of nitrogens with zero attached hydrogens (tertiary/aromatic N) is 4. The summed E-state index contributed by atoms with van der Waals surface area (Å²) in [7, 11) is 3.77. The predicted octanol–water partition coefficient (Wildman–Crippen LogP) is 3.02. The molecule has 3 rings (SSSR count). The van der Waals surface area contributed by atoms with Crippen LogP contribution in [0.2, 0.25) is 0 Å². The lowest BCUT2D eigenvalue weighted by molar-refractivity contribution is 0.102. The molecular weight excluding hydrogens is 310 g/mol. The quantitative estimate of drug-likeness (QED) is 0.800. The Morgan fingerprint density at radius 1 is 1.17 bits per heavy atom. The molecule has 1 amide bonds. The van der Waals surface area contributed by atoms with Crippen LogP contribution in [0.1, 0.15) is 21.7 Å². The highest BCUT2D eigenvalue weighted by Gasteiger charge is 2.14. The van der Waals surface area contributed by atoms with Gasteiger partial charge in [0.25, 0.3) is 5.91 Å². The molecule has 23 heavy (non-hydrogen) atoms. The van der Waals surface area contributed by atoms with Crippen molar-refractivity contribution >= 4 is 39.1 Å². The molecule has 0 radical (unpaired) electrons. The van der Waals surface area contributed by atoms with Crippen molar-refractivity contribution in [2.24, 2.45) is 0 Å². The van der Waals surface area contributed by atoms with Gasteiger partial charge in [-0.25, -0.2) is 15.0 Å². The molecule has 0 bridgehead atoms. The summed E-state index contributed by atoms with van der Waals surface area (Å²) in [5.74, 6) is 0.455. The molecule has 1 aromatic carbocycles. The molecule has 0 atom stereocenters. The van der Waals surface area contributed by atoms with Gasteiger partial charge in [-0.2, -0.15) is 0 Å². The Morgan fingerprint density at radius 3 is 2.52 bits per heavy atom. The Balaban J connectivity index is 1.90. The summed E-state index contributed by atoms with van der Waals surface area (Å²) >= 11 is 1.52. The largest absolute Gasteiger partial charge is 0.347 e. The number of carbonyl (C=O) groups excluding carboxylic acids is 1. The number of benzene rings is 1. The van der Waals surface area contributed by atoms with E-state index in [1.54, 1.807) is 11.6 Å². The number of hydrogen-bond donors (Lipinski definition) is 1. The number of aryl methyl sites for hydroxylation is 2. The zero-order valence-corrected chi connectivity index (χ0v) is 14.2. The number of nitrogens with one attached hydrogen (secondary N) is 1. The predicted molar refractivity (Wildman–Crippen MR) is 93.4 cm³/mol. The van der Waals surface area contributed by atoms with Crippen LogP contribution in [0.25, 0.3) is 10.2 Å². The molecule has 0 saturated carbocycles. The molecule has 2 aromatic heterocycles. The van der Waals surface area contributed by atoms with Crippen LogP contribution in [-0.2, 0) is 0 Å². The van der Waals surface area contributed by atoms with Crippen LogP contribution < -0.4 is 10.2 Å². The van der Waals surface area contributed by atoms with Crippen LogP contribution in [0.3, 0.4) is 0 Å². The Hall–Kier alpha value is -2.54. The van der Waals surface area contributed by atoms with E-state index in [0.29, 0.717) is 17.2 Å². The fourth-order valence-corrected chi connectivity index (χ4v) is 2.98. The average molecular weight is 327 g/mol. The first-order valence-corrected chi connectivity index (χ1v) is 8.01. The van der Waals surface area contributed by atoms with Gasteiger partial charge >= 0.3 is 0 Å². The van der Waals surface area contributed by atoms with Crippen molar-refractivity contribution in [3.63, 3.8) is 0 Å². The first kappa shape index (κ1) is 15.4. The monoisotopic (exact) mass is 327 g/mol. The molecule has 3 aromatic rings. The Kier molecular flexibility index (Phi) is 3.96. The first-order chi connectivity index (χ1) is 11.0. The fraction of sp³-hybridized carbons (Fsp3) is 0.250. The fourth-order valence-electron chi connectivity index (χ4n) is 2.26. The molecule has 0 unspecified atom stereocenters. The molecule has 7 heteroatoms. The highest BCUT2D eigenvalue weighted by atomic mass is 32.1. The van der Waals surface area contributed by atoms with Gasteiger partial charge in [-0.05, 0) is 32.0 Å². The van der Waals surface area contributed by atoms with Crippen molar-refractivity contribution in [1.82, 2.24) is 15.0 Å². The highest BCUT2D eigenvalue weighted by molar-refractivity contribution is 7.16.